The van der Waals surface area contributed by atoms with Crippen molar-refractivity contribution in [2.24, 2.45) is 5.92 Å². The number of anilines is 2. The molecule has 2 aliphatic heterocycles. The van der Waals surface area contributed by atoms with Gasteiger partial charge in [0.15, 0.2) is 0 Å². The number of carbonyl (C=O) groups excluding carboxylic acids is 1. The second-order valence-corrected chi connectivity index (χ2v) is 8.53. The van der Waals surface area contributed by atoms with E-state index in [0.717, 1.165) is 18.9 Å². The summed E-state index contributed by atoms with van der Waals surface area (Å²) in [6, 6.07) is 3.78. The third-order valence-electron chi connectivity index (χ3n) is 4.67. The van der Waals surface area contributed by atoms with Gasteiger partial charge in [-0.15, -0.1) is 0 Å². The lowest BCUT2D eigenvalue weighted by molar-refractivity contribution is -0.120. The zero-order valence-electron chi connectivity index (χ0n) is 13.9. The van der Waals surface area contributed by atoms with Crippen LogP contribution in [0, 0.1) is 5.92 Å². The SMILES string of the molecule is CS(=O)(=O)N1CCCC(C(=O)Nc2ccc(N3CCCC3)nc2)C1. The molecule has 1 aromatic heterocycles. The third kappa shape index (κ3) is 4.05. The van der Waals surface area contributed by atoms with Crippen molar-refractivity contribution >= 4 is 27.4 Å². The maximum Gasteiger partial charge on any atom is 0.228 e. The van der Waals surface area contributed by atoms with Crippen LogP contribution in [0.3, 0.4) is 0 Å². The van der Waals surface area contributed by atoms with E-state index in [1.165, 1.54) is 23.4 Å². The molecule has 0 saturated carbocycles. The van der Waals surface area contributed by atoms with Crippen LogP contribution in [0.1, 0.15) is 25.7 Å². The molecule has 24 heavy (non-hydrogen) atoms. The van der Waals surface area contributed by atoms with Gasteiger partial charge in [-0.1, -0.05) is 0 Å². The Labute approximate surface area is 143 Å². The number of sulfonamides is 1. The molecule has 2 fully saturated rings. The van der Waals surface area contributed by atoms with Crippen molar-refractivity contribution in [2.45, 2.75) is 25.7 Å². The number of amides is 1. The van der Waals surface area contributed by atoms with E-state index in [2.05, 4.69) is 15.2 Å². The fourth-order valence-electron chi connectivity index (χ4n) is 3.30. The van der Waals surface area contributed by atoms with Gasteiger partial charge in [0.05, 0.1) is 24.1 Å². The summed E-state index contributed by atoms with van der Waals surface area (Å²) in [6.07, 6.45) is 6.66. The lowest BCUT2D eigenvalue weighted by Crippen LogP contribution is -2.43. The van der Waals surface area contributed by atoms with Crippen LogP contribution in [0.2, 0.25) is 0 Å². The van der Waals surface area contributed by atoms with Gasteiger partial charge in [0, 0.05) is 26.2 Å². The number of piperidine rings is 1. The van der Waals surface area contributed by atoms with Crippen LogP contribution in [0.15, 0.2) is 18.3 Å². The first-order chi connectivity index (χ1) is 11.4. The Bertz CT molecular complexity index is 684. The molecular weight excluding hydrogens is 328 g/mol. The number of nitrogens with one attached hydrogen (secondary N) is 1. The first kappa shape index (κ1) is 17.2. The molecule has 3 heterocycles. The highest BCUT2D eigenvalue weighted by atomic mass is 32.2. The summed E-state index contributed by atoms with van der Waals surface area (Å²) in [4.78, 5) is 19.1. The fourth-order valence-corrected chi connectivity index (χ4v) is 4.21. The van der Waals surface area contributed by atoms with Gasteiger partial charge in [-0.25, -0.2) is 17.7 Å². The van der Waals surface area contributed by atoms with Crippen LogP contribution < -0.4 is 10.2 Å². The van der Waals surface area contributed by atoms with Crippen molar-refractivity contribution in [1.82, 2.24) is 9.29 Å². The minimum atomic E-state index is -3.24. The van der Waals surface area contributed by atoms with Gasteiger partial charge < -0.3 is 10.2 Å². The summed E-state index contributed by atoms with van der Waals surface area (Å²) in [5.74, 6) is 0.484. The van der Waals surface area contributed by atoms with Crippen molar-refractivity contribution in [3.05, 3.63) is 18.3 Å². The third-order valence-corrected chi connectivity index (χ3v) is 5.94. The molecule has 0 aromatic carbocycles. The Morgan fingerprint density at radius 1 is 1.21 bits per heavy atom. The van der Waals surface area contributed by atoms with Crippen LogP contribution >= 0.6 is 0 Å². The molecular formula is C16H24N4O3S. The summed E-state index contributed by atoms with van der Waals surface area (Å²) < 4.78 is 24.7. The average molecular weight is 352 g/mol. The molecule has 1 atom stereocenters. The number of nitrogens with zero attached hydrogens (tertiary/aromatic N) is 3. The standard InChI is InChI=1S/C16H24N4O3S/c1-24(22,23)20-10-4-5-13(12-20)16(21)18-14-6-7-15(17-11-14)19-8-2-3-9-19/h6-7,11,13H,2-5,8-10,12H2,1H3,(H,18,21). The molecule has 132 valence electrons. The van der Waals surface area contributed by atoms with E-state index in [1.807, 2.05) is 12.1 Å². The van der Waals surface area contributed by atoms with E-state index >= 15 is 0 Å². The van der Waals surface area contributed by atoms with Crippen LogP contribution in [-0.2, 0) is 14.8 Å². The smallest absolute Gasteiger partial charge is 0.228 e. The second kappa shape index (κ2) is 7.06. The van der Waals surface area contributed by atoms with E-state index in [0.29, 0.717) is 25.1 Å². The molecule has 1 amide bonds. The van der Waals surface area contributed by atoms with Gasteiger partial charge >= 0.3 is 0 Å². The quantitative estimate of drug-likeness (QED) is 0.883. The van der Waals surface area contributed by atoms with E-state index in [4.69, 9.17) is 0 Å². The first-order valence-corrected chi connectivity index (χ1v) is 10.3. The van der Waals surface area contributed by atoms with Gasteiger partial charge in [0.2, 0.25) is 15.9 Å². The Balaban J connectivity index is 1.60. The van der Waals surface area contributed by atoms with Crippen molar-refractivity contribution in [2.75, 3.05) is 42.7 Å². The number of aromatic nitrogens is 1. The molecule has 0 aliphatic carbocycles. The number of rotatable bonds is 4. The molecule has 2 saturated heterocycles. The molecule has 0 bridgehead atoms. The maximum atomic E-state index is 12.4. The zero-order valence-corrected chi connectivity index (χ0v) is 14.8. The van der Waals surface area contributed by atoms with Crippen LogP contribution in [0.4, 0.5) is 11.5 Å². The molecule has 3 rings (SSSR count). The molecule has 7 nitrogen and oxygen atoms in total. The van der Waals surface area contributed by atoms with Crippen molar-refractivity contribution in [3.8, 4) is 0 Å². The molecule has 1 unspecified atom stereocenters. The normalized spacial score (nSPS) is 22.5. The largest absolute Gasteiger partial charge is 0.357 e. The number of carbonyl (C=O) groups is 1. The van der Waals surface area contributed by atoms with Crippen LogP contribution in [0.5, 0.6) is 0 Å². The summed E-state index contributed by atoms with van der Waals surface area (Å²) >= 11 is 0. The lowest BCUT2D eigenvalue weighted by atomic mass is 9.99. The summed E-state index contributed by atoms with van der Waals surface area (Å²) in [5.41, 5.74) is 0.652. The highest BCUT2D eigenvalue weighted by Crippen LogP contribution is 2.22. The molecule has 1 aromatic rings. The number of hydrogen-bond acceptors (Lipinski definition) is 5. The predicted octanol–water partition coefficient (Wildman–Crippen LogP) is 1.29. The minimum absolute atomic E-state index is 0.140. The highest BCUT2D eigenvalue weighted by Gasteiger charge is 2.30. The average Bonchev–Trinajstić information content (AvgIpc) is 3.09. The lowest BCUT2D eigenvalue weighted by Gasteiger charge is -2.30. The predicted molar refractivity (Wildman–Crippen MR) is 93.5 cm³/mol. The Morgan fingerprint density at radius 2 is 1.96 bits per heavy atom. The summed E-state index contributed by atoms with van der Waals surface area (Å²) in [6.45, 7) is 2.81. The molecule has 8 heteroatoms. The fraction of sp³-hybridized carbons (Fsp3) is 0.625. The number of hydrogen-bond donors (Lipinski definition) is 1. The van der Waals surface area contributed by atoms with Crippen molar-refractivity contribution in [3.63, 3.8) is 0 Å². The van der Waals surface area contributed by atoms with Gasteiger partial charge in [0.25, 0.3) is 0 Å². The minimum Gasteiger partial charge on any atom is -0.357 e. The molecule has 1 N–H and O–H groups in total. The monoisotopic (exact) mass is 352 g/mol. The summed E-state index contributed by atoms with van der Waals surface area (Å²) in [5, 5.41) is 2.86. The Hall–Kier alpha value is -1.67. The number of pyridine rings is 1. The van der Waals surface area contributed by atoms with Gasteiger partial charge in [-0.05, 0) is 37.8 Å². The highest BCUT2D eigenvalue weighted by molar-refractivity contribution is 7.88. The second-order valence-electron chi connectivity index (χ2n) is 6.55. The maximum absolute atomic E-state index is 12.4. The molecule has 0 radical (unpaired) electrons. The van der Waals surface area contributed by atoms with E-state index in [9.17, 15) is 13.2 Å². The topological polar surface area (TPSA) is 82.6 Å². The van der Waals surface area contributed by atoms with E-state index in [-0.39, 0.29) is 18.4 Å². The van der Waals surface area contributed by atoms with Gasteiger partial charge in [0.1, 0.15) is 5.82 Å². The van der Waals surface area contributed by atoms with Crippen LogP contribution in [0.25, 0.3) is 0 Å². The van der Waals surface area contributed by atoms with E-state index in [1.54, 1.807) is 6.20 Å². The molecule has 0 spiro atoms. The van der Waals surface area contributed by atoms with Gasteiger partial charge in [-0.2, -0.15) is 0 Å². The zero-order chi connectivity index (χ0) is 17.2. The Kier molecular flexibility index (Phi) is 5.05. The van der Waals surface area contributed by atoms with Crippen molar-refractivity contribution in [1.29, 1.82) is 0 Å². The van der Waals surface area contributed by atoms with Crippen LogP contribution in [-0.4, -0.2) is 56.0 Å². The Morgan fingerprint density at radius 3 is 2.58 bits per heavy atom. The van der Waals surface area contributed by atoms with E-state index < -0.39 is 10.0 Å². The van der Waals surface area contributed by atoms with Gasteiger partial charge in [-0.3, -0.25) is 4.79 Å². The van der Waals surface area contributed by atoms with Crippen molar-refractivity contribution < 1.29 is 13.2 Å². The molecule has 2 aliphatic rings. The summed E-state index contributed by atoms with van der Waals surface area (Å²) in [7, 11) is -3.24. The first-order valence-electron chi connectivity index (χ1n) is 8.40.